The molecule has 0 radical (unpaired) electrons. The zero-order valence-corrected chi connectivity index (χ0v) is 17.0. The van der Waals surface area contributed by atoms with E-state index >= 15 is 0 Å². The Morgan fingerprint density at radius 2 is 2.00 bits per heavy atom. The van der Waals surface area contributed by atoms with Gasteiger partial charge in [-0.15, -0.1) is 0 Å². The van der Waals surface area contributed by atoms with Crippen molar-refractivity contribution >= 4 is 22.8 Å². The number of carbonyl (C=O) groups is 2. The Morgan fingerprint density at radius 1 is 1.20 bits per heavy atom. The van der Waals surface area contributed by atoms with Crippen LogP contribution in [0.25, 0.3) is 11.0 Å². The molecule has 3 heterocycles. The van der Waals surface area contributed by atoms with Gasteiger partial charge in [0.2, 0.25) is 5.91 Å². The SMILES string of the molecule is C[C@]1(C(=O)NC2CCCC2)Cn2c(nc3ccccc32)C(=O)N1Cc1cccnc1. The van der Waals surface area contributed by atoms with Gasteiger partial charge in [0.15, 0.2) is 5.82 Å². The summed E-state index contributed by atoms with van der Waals surface area (Å²) >= 11 is 0. The largest absolute Gasteiger partial charge is 0.351 e. The van der Waals surface area contributed by atoms with E-state index in [2.05, 4.69) is 15.3 Å². The molecule has 2 amide bonds. The Bertz CT molecular complexity index is 1100. The van der Waals surface area contributed by atoms with Crippen molar-refractivity contribution in [2.75, 3.05) is 0 Å². The van der Waals surface area contributed by atoms with Crippen molar-refractivity contribution in [3.8, 4) is 0 Å². The maximum Gasteiger partial charge on any atom is 0.291 e. The van der Waals surface area contributed by atoms with Gasteiger partial charge in [0.25, 0.3) is 5.91 Å². The van der Waals surface area contributed by atoms with E-state index in [0.717, 1.165) is 42.3 Å². The summed E-state index contributed by atoms with van der Waals surface area (Å²) in [6, 6.07) is 11.6. The normalized spacial score (nSPS) is 21.8. The molecule has 7 heteroatoms. The average molecular weight is 403 g/mol. The number of aromatic nitrogens is 3. The van der Waals surface area contributed by atoms with Crippen LogP contribution in [0.2, 0.25) is 0 Å². The molecule has 1 aliphatic heterocycles. The highest BCUT2D eigenvalue weighted by molar-refractivity contribution is 6.01. The molecular formula is C23H25N5O2. The molecule has 7 nitrogen and oxygen atoms in total. The number of rotatable bonds is 4. The summed E-state index contributed by atoms with van der Waals surface area (Å²) in [6.45, 7) is 2.54. The van der Waals surface area contributed by atoms with Gasteiger partial charge in [0.1, 0.15) is 5.54 Å². The Kier molecular flexibility index (Phi) is 4.53. The van der Waals surface area contributed by atoms with Crippen LogP contribution < -0.4 is 5.32 Å². The number of benzene rings is 1. The zero-order chi connectivity index (χ0) is 20.7. The van der Waals surface area contributed by atoms with Crippen molar-refractivity contribution in [3.63, 3.8) is 0 Å². The number of fused-ring (bicyclic) bond motifs is 3. The van der Waals surface area contributed by atoms with E-state index in [0.29, 0.717) is 18.9 Å². The van der Waals surface area contributed by atoms with Crippen LogP contribution in [-0.4, -0.2) is 42.8 Å². The smallest absolute Gasteiger partial charge is 0.291 e. The van der Waals surface area contributed by atoms with E-state index in [1.165, 1.54) is 0 Å². The van der Waals surface area contributed by atoms with Gasteiger partial charge in [-0.25, -0.2) is 4.98 Å². The van der Waals surface area contributed by atoms with Crippen LogP contribution in [0, 0.1) is 0 Å². The van der Waals surface area contributed by atoms with Gasteiger partial charge in [-0.2, -0.15) is 0 Å². The van der Waals surface area contributed by atoms with E-state index in [-0.39, 0.29) is 17.9 Å². The van der Waals surface area contributed by atoms with Gasteiger partial charge in [0.05, 0.1) is 17.6 Å². The van der Waals surface area contributed by atoms with Crippen LogP contribution in [0.1, 0.15) is 48.8 Å². The van der Waals surface area contributed by atoms with Gasteiger partial charge in [-0.1, -0.05) is 31.0 Å². The Balaban J connectivity index is 1.57. The van der Waals surface area contributed by atoms with Crippen LogP contribution in [0.4, 0.5) is 0 Å². The summed E-state index contributed by atoms with van der Waals surface area (Å²) in [6.07, 6.45) is 7.70. The molecule has 3 aromatic rings. The molecule has 1 atom stereocenters. The Morgan fingerprint density at radius 3 is 2.77 bits per heavy atom. The van der Waals surface area contributed by atoms with E-state index in [4.69, 9.17) is 0 Å². The van der Waals surface area contributed by atoms with Crippen molar-refractivity contribution in [1.82, 2.24) is 24.8 Å². The second-order valence-electron chi connectivity index (χ2n) is 8.49. The number of nitrogens with zero attached hydrogens (tertiary/aromatic N) is 4. The predicted molar refractivity (Wildman–Crippen MR) is 113 cm³/mol. The summed E-state index contributed by atoms with van der Waals surface area (Å²) in [5.74, 6) is 0.0479. The first kappa shape index (κ1) is 18.8. The van der Waals surface area contributed by atoms with Crippen LogP contribution in [0.15, 0.2) is 48.8 Å². The fourth-order valence-electron chi connectivity index (χ4n) is 4.66. The molecule has 2 aliphatic rings. The highest BCUT2D eigenvalue weighted by Crippen LogP contribution is 2.32. The lowest BCUT2D eigenvalue weighted by molar-refractivity contribution is -0.133. The van der Waals surface area contributed by atoms with Crippen molar-refractivity contribution < 1.29 is 9.59 Å². The maximum atomic E-state index is 13.6. The molecule has 2 aromatic heterocycles. The third kappa shape index (κ3) is 3.05. The summed E-state index contributed by atoms with van der Waals surface area (Å²) in [7, 11) is 0. The minimum atomic E-state index is -1.02. The molecule has 154 valence electrons. The van der Waals surface area contributed by atoms with Crippen molar-refractivity contribution in [2.45, 2.75) is 57.3 Å². The van der Waals surface area contributed by atoms with E-state index in [1.54, 1.807) is 17.3 Å². The second kappa shape index (κ2) is 7.23. The third-order valence-corrected chi connectivity index (χ3v) is 6.40. The fourth-order valence-corrected chi connectivity index (χ4v) is 4.66. The number of carbonyl (C=O) groups excluding carboxylic acids is 2. The summed E-state index contributed by atoms with van der Waals surface area (Å²) in [4.78, 5) is 37.5. The molecule has 0 spiro atoms. The molecule has 30 heavy (non-hydrogen) atoms. The standard InChI is InChI=1S/C23H25N5O2/c1-23(22(30)25-17-8-2-3-9-17)15-27-19-11-5-4-10-18(19)26-20(27)21(29)28(23)14-16-7-6-12-24-13-16/h4-7,10-13,17H,2-3,8-9,14-15H2,1H3,(H,25,30)/t23-/m1/s1. The van der Waals surface area contributed by atoms with Gasteiger partial charge in [-0.05, 0) is 43.5 Å². The van der Waals surface area contributed by atoms with E-state index < -0.39 is 5.54 Å². The van der Waals surface area contributed by atoms with Crippen LogP contribution >= 0.6 is 0 Å². The number of hydrogen-bond acceptors (Lipinski definition) is 4. The molecule has 1 saturated carbocycles. The van der Waals surface area contributed by atoms with Crippen LogP contribution in [-0.2, 0) is 17.9 Å². The zero-order valence-electron chi connectivity index (χ0n) is 17.0. The number of hydrogen-bond donors (Lipinski definition) is 1. The molecular weight excluding hydrogens is 378 g/mol. The lowest BCUT2D eigenvalue weighted by Gasteiger charge is -2.44. The molecule has 1 N–H and O–H groups in total. The van der Waals surface area contributed by atoms with E-state index in [1.807, 2.05) is 47.9 Å². The maximum absolute atomic E-state index is 13.6. The highest BCUT2D eigenvalue weighted by Gasteiger charge is 2.48. The first-order valence-electron chi connectivity index (χ1n) is 10.5. The predicted octanol–water partition coefficient (Wildman–Crippen LogP) is 2.90. The first-order chi connectivity index (χ1) is 14.6. The van der Waals surface area contributed by atoms with Crippen molar-refractivity contribution in [2.24, 2.45) is 0 Å². The topological polar surface area (TPSA) is 80.1 Å². The molecule has 0 unspecified atom stereocenters. The van der Waals surface area contributed by atoms with Crippen molar-refractivity contribution in [3.05, 3.63) is 60.2 Å². The minimum absolute atomic E-state index is 0.102. The lowest BCUT2D eigenvalue weighted by Crippen LogP contribution is -2.64. The Labute approximate surface area is 175 Å². The summed E-state index contributed by atoms with van der Waals surface area (Å²) in [5, 5.41) is 3.21. The number of nitrogens with one attached hydrogen (secondary N) is 1. The quantitative estimate of drug-likeness (QED) is 0.726. The average Bonchev–Trinajstić information content (AvgIpc) is 3.40. The summed E-state index contributed by atoms with van der Waals surface area (Å²) in [5.41, 5.74) is 1.51. The molecule has 5 rings (SSSR count). The molecule has 1 aliphatic carbocycles. The van der Waals surface area contributed by atoms with E-state index in [9.17, 15) is 9.59 Å². The monoisotopic (exact) mass is 403 g/mol. The Hall–Kier alpha value is -3.22. The van der Waals surface area contributed by atoms with Crippen LogP contribution in [0.5, 0.6) is 0 Å². The summed E-state index contributed by atoms with van der Waals surface area (Å²) < 4.78 is 1.89. The van der Waals surface area contributed by atoms with Gasteiger partial charge in [0, 0.05) is 25.0 Å². The third-order valence-electron chi connectivity index (χ3n) is 6.40. The number of amides is 2. The number of imidazole rings is 1. The minimum Gasteiger partial charge on any atom is -0.351 e. The second-order valence-corrected chi connectivity index (χ2v) is 8.49. The number of pyridine rings is 1. The number of para-hydroxylation sites is 2. The van der Waals surface area contributed by atoms with Crippen molar-refractivity contribution in [1.29, 1.82) is 0 Å². The van der Waals surface area contributed by atoms with Gasteiger partial charge < -0.3 is 14.8 Å². The highest BCUT2D eigenvalue weighted by atomic mass is 16.2. The van der Waals surface area contributed by atoms with Gasteiger partial charge in [-0.3, -0.25) is 14.6 Å². The molecule has 0 bridgehead atoms. The molecule has 1 fully saturated rings. The molecule has 1 aromatic carbocycles. The van der Waals surface area contributed by atoms with Crippen LogP contribution in [0.3, 0.4) is 0 Å². The lowest BCUT2D eigenvalue weighted by atomic mass is 9.94. The first-order valence-corrected chi connectivity index (χ1v) is 10.5. The van der Waals surface area contributed by atoms with Gasteiger partial charge >= 0.3 is 0 Å². The fraction of sp³-hybridized carbons (Fsp3) is 0.391. The molecule has 0 saturated heterocycles.